The van der Waals surface area contributed by atoms with Crippen LogP contribution < -0.4 is 4.74 Å². The van der Waals surface area contributed by atoms with Crippen LogP contribution in [0.1, 0.15) is 30.4 Å². The molecule has 0 saturated heterocycles. The number of nitrogens with zero attached hydrogens (tertiary/aromatic N) is 1. The lowest BCUT2D eigenvalue weighted by Gasteiger charge is -2.34. The second-order valence-electron chi connectivity index (χ2n) is 6.08. The third-order valence-electron chi connectivity index (χ3n) is 4.14. The Bertz CT molecular complexity index is 475. The van der Waals surface area contributed by atoms with Crippen LogP contribution in [0.4, 0.5) is 0 Å². The van der Waals surface area contributed by atoms with E-state index < -0.39 is 0 Å². The van der Waals surface area contributed by atoms with Crippen molar-refractivity contribution in [2.45, 2.75) is 39.2 Å². The van der Waals surface area contributed by atoms with Gasteiger partial charge in [-0.25, -0.2) is 0 Å². The number of ether oxygens (including phenoxy) is 1. The molecule has 0 aromatic heterocycles. The maximum absolute atomic E-state index is 12.0. The maximum atomic E-state index is 12.0. The van der Waals surface area contributed by atoms with E-state index in [9.17, 15) is 9.90 Å². The van der Waals surface area contributed by atoms with E-state index >= 15 is 0 Å². The molecule has 0 radical (unpaired) electrons. The predicted octanol–water partition coefficient (Wildman–Crippen LogP) is 2.30. The van der Waals surface area contributed by atoms with E-state index in [-0.39, 0.29) is 12.0 Å². The second-order valence-corrected chi connectivity index (χ2v) is 6.08. The van der Waals surface area contributed by atoms with Crippen molar-refractivity contribution in [3.05, 3.63) is 29.3 Å². The number of carbonyl (C=O) groups excluding carboxylic acids is 1. The number of aryl methyl sites for hydroxylation is 2. The maximum Gasteiger partial charge on any atom is 0.225 e. The number of hydrogen-bond acceptors (Lipinski definition) is 3. The van der Waals surface area contributed by atoms with Crippen molar-refractivity contribution in [1.29, 1.82) is 0 Å². The van der Waals surface area contributed by atoms with E-state index in [1.54, 1.807) is 4.90 Å². The van der Waals surface area contributed by atoms with Gasteiger partial charge in [0, 0.05) is 13.6 Å². The molecule has 0 heterocycles. The SMILES string of the molecule is Cc1cccc(C)c1OCCC(=O)N(C)CC1CC(O)C1. The fourth-order valence-electron chi connectivity index (χ4n) is 2.80. The fourth-order valence-corrected chi connectivity index (χ4v) is 2.80. The van der Waals surface area contributed by atoms with E-state index in [2.05, 4.69) is 0 Å². The highest BCUT2D eigenvalue weighted by Gasteiger charge is 2.28. The Balaban J connectivity index is 1.73. The molecule has 1 saturated carbocycles. The molecule has 0 bridgehead atoms. The Morgan fingerprint density at radius 1 is 1.33 bits per heavy atom. The summed E-state index contributed by atoms with van der Waals surface area (Å²) in [6.07, 6.45) is 1.86. The zero-order valence-corrected chi connectivity index (χ0v) is 13.1. The molecular weight excluding hydrogens is 266 g/mol. The van der Waals surface area contributed by atoms with Crippen LogP contribution in [-0.2, 0) is 4.79 Å². The normalized spacial score (nSPS) is 20.8. The van der Waals surface area contributed by atoms with Crippen molar-refractivity contribution in [2.75, 3.05) is 20.2 Å². The summed E-state index contributed by atoms with van der Waals surface area (Å²) in [7, 11) is 1.83. The Labute approximate surface area is 126 Å². The van der Waals surface area contributed by atoms with Gasteiger partial charge >= 0.3 is 0 Å². The number of rotatable bonds is 6. The highest BCUT2D eigenvalue weighted by atomic mass is 16.5. The summed E-state index contributed by atoms with van der Waals surface area (Å²) in [5.41, 5.74) is 2.19. The molecular formula is C17H25NO3. The summed E-state index contributed by atoms with van der Waals surface area (Å²) in [6.45, 7) is 5.16. The molecule has 1 aromatic carbocycles. The molecule has 4 heteroatoms. The number of aliphatic hydroxyl groups is 1. The molecule has 0 unspecified atom stereocenters. The fraction of sp³-hybridized carbons (Fsp3) is 0.588. The van der Waals surface area contributed by atoms with Crippen LogP contribution >= 0.6 is 0 Å². The summed E-state index contributed by atoms with van der Waals surface area (Å²) < 4.78 is 5.76. The minimum atomic E-state index is -0.161. The molecule has 0 aliphatic heterocycles. The zero-order chi connectivity index (χ0) is 15.4. The third-order valence-corrected chi connectivity index (χ3v) is 4.14. The molecule has 4 nitrogen and oxygen atoms in total. The number of amides is 1. The monoisotopic (exact) mass is 291 g/mol. The largest absolute Gasteiger partial charge is 0.493 e. The number of hydrogen-bond donors (Lipinski definition) is 1. The van der Waals surface area contributed by atoms with Gasteiger partial charge in [0.15, 0.2) is 0 Å². The van der Waals surface area contributed by atoms with Crippen molar-refractivity contribution in [1.82, 2.24) is 4.90 Å². The van der Waals surface area contributed by atoms with Crippen LogP contribution in [0.3, 0.4) is 0 Å². The lowest BCUT2D eigenvalue weighted by atomic mass is 9.82. The second kappa shape index (κ2) is 6.94. The summed E-state index contributed by atoms with van der Waals surface area (Å²) in [6, 6.07) is 6.03. The average molecular weight is 291 g/mol. The smallest absolute Gasteiger partial charge is 0.225 e. The molecule has 116 valence electrons. The van der Waals surface area contributed by atoms with E-state index in [0.717, 1.165) is 36.3 Å². The quantitative estimate of drug-likeness (QED) is 0.875. The van der Waals surface area contributed by atoms with Crippen LogP contribution in [0.5, 0.6) is 5.75 Å². The van der Waals surface area contributed by atoms with Crippen molar-refractivity contribution in [3.63, 3.8) is 0 Å². The highest BCUT2D eigenvalue weighted by Crippen LogP contribution is 2.27. The van der Waals surface area contributed by atoms with Gasteiger partial charge in [-0.3, -0.25) is 4.79 Å². The van der Waals surface area contributed by atoms with Crippen molar-refractivity contribution in [3.8, 4) is 5.75 Å². The molecule has 1 amide bonds. The highest BCUT2D eigenvalue weighted by molar-refractivity contribution is 5.76. The third kappa shape index (κ3) is 4.21. The van der Waals surface area contributed by atoms with Crippen LogP contribution in [0.2, 0.25) is 0 Å². The molecule has 1 fully saturated rings. The molecule has 1 aliphatic carbocycles. The number of aliphatic hydroxyl groups excluding tert-OH is 1. The van der Waals surface area contributed by atoms with Gasteiger partial charge in [0.25, 0.3) is 0 Å². The van der Waals surface area contributed by atoms with E-state index in [4.69, 9.17) is 4.74 Å². The molecule has 1 aromatic rings. The van der Waals surface area contributed by atoms with E-state index in [1.165, 1.54) is 0 Å². The Morgan fingerprint density at radius 2 is 1.95 bits per heavy atom. The van der Waals surface area contributed by atoms with Gasteiger partial charge in [-0.15, -0.1) is 0 Å². The van der Waals surface area contributed by atoms with Gasteiger partial charge in [0.2, 0.25) is 5.91 Å². The van der Waals surface area contributed by atoms with Crippen molar-refractivity contribution in [2.24, 2.45) is 5.92 Å². The first-order valence-corrected chi connectivity index (χ1v) is 7.58. The topological polar surface area (TPSA) is 49.8 Å². The average Bonchev–Trinajstić information content (AvgIpc) is 2.40. The standard InChI is InChI=1S/C17H25NO3/c1-12-5-4-6-13(2)17(12)21-8-7-16(20)18(3)11-14-9-15(19)10-14/h4-6,14-15,19H,7-11H2,1-3H3. The minimum Gasteiger partial charge on any atom is -0.493 e. The van der Waals surface area contributed by atoms with Crippen LogP contribution in [0, 0.1) is 19.8 Å². The van der Waals surface area contributed by atoms with Crippen molar-refractivity contribution < 1.29 is 14.6 Å². The Morgan fingerprint density at radius 3 is 2.52 bits per heavy atom. The number of carbonyl (C=O) groups is 1. The van der Waals surface area contributed by atoms with Crippen molar-refractivity contribution >= 4 is 5.91 Å². The summed E-state index contributed by atoms with van der Waals surface area (Å²) in [4.78, 5) is 13.8. The molecule has 0 spiro atoms. The first-order valence-electron chi connectivity index (χ1n) is 7.58. The lowest BCUT2D eigenvalue weighted by molar-refractivity contribution is -0.132. The molecule has 0 atom stereocenters. The molecule has 1 N–H and O–H groups in total. The van der Waals surface area contributed by atoms with Gasteiger partial charge in [-0.1, -0.05) is 18.2 Å². The van der Waals surface area contributed by atoms with Gasteiger partial charge in [0.05, 0.1) is 19.1 Å². The van der Waals surface area contributed by atoms with Gasteiger partial charge in [-0.05, 0) is 43.7 Å². The van der Waals surface area contributed by atoms with E-state index in [0.29, 0.717) is 18.9 Å². The van der Waals surface area contributed by atoms with Gasteiger partial charge in [-0.2, -0.15) is 0 Å². The summed E-state index contributed by atoms with van der Waals surface area (Å²) in [5, 5.41) is 9.27. The number of benzene rings is 1. The van der Waals surface area contributed by atoms with Crippen LogP contribution in [-0.4, -0.2) is 42.2 Å². The summed E-state index contributed by atoms with van der Waals surface area (Å²) >= 11 is 0. The summed E-state index contributed by atoms with van der Waals surface area (Å²) in [5.74, 6) is 1.44. The lowest BCUT2D eigenvalue weighted by Crippen LogP contribution is -2.39. The first kappa shape index (κ1) is 15.8. The Kier molecular flexibility index (Phi) is 5.23. The zero-order valence-electron chi connectivity index (χ0n) is 13.1. The molecule has 2 rings (SSSR count). The minimum absolute atomic E-state index is 0.0997. The molecule has 1 aliphatic rings. The van der Waals surface area contributed by atoms with E-state index in [1.807, 2.05) is 39.1 Å². The predicted molar refractivity (Wildman–Crippen MR) is 82.4 cm³/mol. The first-order chi connectivity index (χ1) is 9.97. The van der Waals surface area contributed by atoms with Gasteiger partial charge < -0.3 is 14.7 Å². The Hall–Kier alpha value is -1.55. The molecule has 21 heavy (non-hydrogen) atoms. The van der Waals surface area contributed by atoms with Crippen LogP contribution in [0.15, 0.2) is 18.2 Å². The van der Waals surface area contributed by atoms with Gasteiger partial charge in [0.1, 0.15) is 5.75 Å². The van der Waals surface area contributed by atoms with Crippen LogP contribution in [0.25, 0.3) is 0 Å². The number of para-hydroxylation sites is 1.